The summed E-state index contributed by atoms with van der Waals surface area (Å²) in [5.74, 6) is 0.935. The van der Waals surface area contributed by atoms with Crippen LogP contribution in [-0.2, 0) is 4.79 Å². The van der Waals surface area contributed by atoms with Crippen molar-refractivity contribution in [3.05, 3.63) is 11.8 Å². The molecule has 0 aliphatic carbocycles. The molecule has 3 heteroatoms. The van der Waals surface area contributed by atoms with Crippen molar-refractivity contribution in [1.29, 1.82) is 0 Å². The molecule has 8 heavy (non-hydrogen) atoms. The highest BCUT2D eigenvalue weighted by Gasteiger charge is 2.08. The Morgan fingerprint density at radius 3 is 3.00 bits per heavy atom. The number of hydrogen-bond donors (Lipinski definition) is 0. The first kappa shape index (κ1) is 5.69. The van der Waals surface area contributed by atoms with Gasteiger partial charge in [0, 0.05) is 12.8 Å². The van der Waals surface area contributed by atoms with Crippen LogP contribution in [0.5, 0.6) is 0 Å². The zero-order valence-electron chi connectivity index (χ0n) is 4.63. The Kier molecular flexibility index (Phi) is 1.58. The van der Waals surface area contributed by atoms with E-state index in [4.69, 9.17) is 0 Å². The van der Waals surface area contributed by atoms with E-state index in [1.807, 2.05) is 17.4 Å². The second-order valence-electron chi connectivity index (χ2n) is 1.54. The number of hydrogen-bond acceptors (Lipinski definition) is 3. The third-order valence-electron chi connectivity index (χ3n) is 1.05. The van der Waals surface area contributed by atoms with E-state index in [-0.39, 0.29) is 0 Å². The van der Waals surface area contributed by atoms with Crippen molar-refractivity contribution < 1.29 is 4.79 Å². The first-order valence-electron chi connectivity index (χ1n) is 2.36. The van der Waals surface area contributed by atoms with Gasteiger partial charge in [0.2, 0.25) is 0 Å². The van der Waals surface area contributed by atoms with E-state index in [0.717, 1.165) is 17.7 Å². The third-order valence-corrected chi connectivity index (χ3v) is 1.96. The molecule has 0 radical (unpaired) electrons. The van der Waals surface area contributed by atoms with Crippen molar-refractivity contribution in [2.75, 3.05) is 12.8 Å². The molecule has 0 unspecified atom stereocenters. The lowest BCUT2D eigenvalue weighted by atomic mass is 10.4. The second-order valence-corrected chi connectivity index (χ2v) is 2.68. The number of likely N-dealkylation sites (N-methyl/N-ethyl adjacent to an activating group) is 1. The lowest BCUT2D eigenvalue weighted by Crippen LogP contribution is -2.03. The van der Waals surface area contributed by atoms with Gasteiger partial charge in [0.05, 0.1) is 5.70 Å². The molecule has 0 amide bonds. The van der Waals surface area contributed by atoms with Crippen LogP contribution in [0.4, 0.5) is 0 Å². The third kappa shape index (κ3) is 0.865. The van der Waals surface area contributed by atoms with Crippen LogP contribution in [0.3, 0.4) is 0 Å². The quantitative estimate of drug-likeness (QED) is 0.383. The Bertz CT molecular complexity index is 132. The van der Waals surface area contributed by atoms with Crippen LogP contribution in [0.25, 0.3) is 0 Å². The molecule has 1 aliphatic rings. The summed E-state index contributed by atoms with van der Waals surface area (Å²) >= 11 is 1.64. The Labute approximate surface area is 52.7 Å². The molecule has 0 atom stereocenters. The van der Waals surface area contributed by atoms with E-state index in [1.165, 1.54) is 0 Å². The van der Waals surface area contributed by atoms with Crippen molar-refractivity contribution in [1.82, 2.24) is 4.31 Å². The summed E-state index contributed by atoms with van der Waals surface area (Å²) in [5, 5.41) is 0. The van der Waals surface area contributed by atoms with Crippen LogP contribution >= 0.6 is 11.9 Å². The summed E-state index contributed by atoms with van der Waals surface area (Å²) < 4.78 is 1.87. The highest BCUT2D eigenvalue weighted by atomic mass is 32.2. The highest BCUT2D eigenvalue weighted by Crippen LogP contribution is 2.19. The van der Waals surface area contributed by atoms with E-state index in [0.29, 0.717) is 0 Å². The van der Waals surface area contributed by atoms with Gasteiger partial charge in [-0.15, -0.1) is 0 Å². The molecule has 1 rings (SSSR count). The predicted octanol–water partition coefficient (Wildman–Crippen LogP) is 0.663. The molecular formula is C5H7NOS. The summed E-state index contributed by atoms with van der Waals surface area (Å²) in [7, 11) is 1.89. The van der Waals surface area contributed by atoms with E-state index >= 15 is 0 Å². The van der Waals surface area contributed by atoms with Crippen LogP contribution in [0.2, 0.25) is 0 Å². The van der Waals surface area contributed by atoms with E-state index in [9.17, 15) is 4.79 Å². The van der Waals surface area contributed by atoms with Gasteiger partial charge >= 0.3 is 0 Å². The Morgan fingerprint density at radius 1 is 2.00 bits per heavy atom. The summed E-state index contributed by atoms with van der Waals surface area (Å²) in [5.41, 5.74) is 0.787. The van der Waals surface area contributed by atoms with E-state index in [2.05, 4.69) is 0 Å². The molecule has 1 heterocycles. The van der Waals surface area contributed by atoms with Gasteiger partial charge < -0.3 is 4.31 Å². The number of rotatable bonds is 1. The van der Waals surface area contributed by atoms with Gasteiger partial charge in [0.1, 0.15) is 0 Å². The Balaban J connectivity index is 2.62. The van der Waals surface area contributed by atoms with E-state index < -0.39 is 0 Å². The van der Waals surface area contributed by atoms with E-state index in [1.54, 1.807) is 11.9 Å². The smallest absolute Gasteiger partial charge is 0.166 e. The molecule has 2 nitrogen and oxygen atoms in total. The van der Waals surface area contributed by atoms with Gasteiger partial charge in [-0.1, -0.05) is 0 Å². The standard InChI is InChI=1S/C5H7NOS/c1-6-5(4-7)2-3-8-6/h2,4H,3H2,1H3. The SMILES string of the molecule is CN1SCC=C1C=O. The van der Waals surface area contributed by atoms with Crippen molar-refractivity contribution >= 4 is 18.2 Å². The Hall–Kier alpha value is -0.440. The fraction of sp³-hybridized carbons (Fsp3) is 0.400. The molecule has 44 valence electrons. The zero-order valence-corrected chi connectivity index (χ0v) is 5.44. The number of aldehydes is 1. The van der Waals surface area contributed by atoms with Gasteiger partial charge in [-0.2, -0.15) is 0 Å². The minimum Gasteiger partial charge on any atom is -0.316 e. The summed E-state index contributed by atoms with van der Waals surface area (Å²) in [6.07, 6.45) is 2.79. The number of carbonyl (C=O) groups is 1. The van der Waals surface area contributed by atoms with Gasteiger partial charge in [0.15, 0.2) is 6.29 Å². The zero-order chi connectivity index (χ0) is 5.98. The first-order valence-corrected chi connectivity index (χ1v) is 3.31. The predicted molar refractivity (Wildman–Crippen MR) is 34.4 cm³/mol. The van der Waals surface area contributed by atoms with Crippen LogP contribution < -0.4 is 0 Å². The van der Waals surface area contributed by atoms with Gasteiger partial charge in [0.25, 0.3) is 0 Å². The lowest BCUT2D eigenvalue weighted by Gasteiger charge is -2.07. The molecule has 0 bridgehead atoms. The maximum atomic E-state index is 10.1. The molecule has 0 spiro atoms. The molecule has 0 fully saturated rings. The minimum atomic E-state index is 0.787. The maximum absolute atomic E-state index is 10.1. The fourth-order valence-electron chi connectivity index (χ4n) is 0.560. The van der Waals surface area contributed by atoms with Gasteiger partial charge in [-0.25, -0.2) is 0 Å². The van der Waals surface area contributed by atoms with Crippen molar-refractivity contribution in [3.8, 4) is 0 Å². The Morgan fingerprint density at radius 2 is 2.75 bits per heavy atom. The molecule has 1 aliphatic heterocycles. The molecule has 0 aromatic carbocycles. The highest BCUT2D eigenvalue weighted by molar-refractivity contribution is 7.97. The number of carbonyl (C=O) groups excluding carboxylic acids is 1. The first-order chi connectivity index (χ1) is 3.84. The molecule has 0 aromatic heterocycles. The van der Waals surface area contributed by atoms with Crippen LogP contribution in [0.15, 0.2) is 11.8 Å². The van der Waals surface area contributed by atoms with Crippen molar-refractivity contribution in [2.24, 2.45) is 0 Å². The molecule has 0 aromatic rings. The van der Waals surface area contributed by atoms with Crippen molar-refractivity contribution in [3.63, 3.8) is 0 Å². The number of allylic oxidation sites excluding steroid dienone is 1. The number of nitrogens with zero attached hydrogens (tertiary/aromatic N) is 1. The normalized spacial score (nSPS) is 18.6. The summed E-state index contributed by atoms with van der Waals surface area (Å²) in [6.45, 7) is 0. The minimum absolute atomic E-state index is 0.787. The molecular weight excluding hydrogens is 122 g/mol. The van der Waals surface area contributed by atoms with Crippen LogP contribution in [0.1, 0.15) is 0 Å². The lowest BCUT2D eigenvalue weighted by molar-refractivity contribution is -0.105. The average Bonchev–Trinajstić information content (AvgIpc) is 2.14. The monoisotopic (exact) mass is 129 g/mol. The summed E-state index contributed by atoms with van der Waals surface area (Å²) in [6, 6.07) is 0. The molecule has 0 N–H and O–H groups in total. The van der Waals surface area contributed by atoms with Gasteiger partial charge in [-0.05, 0) is 18.0 Å². The second kappa shape index (κ2) is 2.22. The van der Waals surface area contributed by atoms with Crippen LogP contribution in [0, 0.1) is 0 Å². The summed E-state index contributed by atoms with van der Waals surface area (Å²) in [4.78, 5) is 10.1. The maximum Gasteiger partial charge on any atom is 0.166 e. The van der Waals surface area contributed by atoms with Crippen LogP contribution in [-0.4, -0.2) is 23.4 Å². The molecule has 0 saturated carbocycles. The average molecular weight is 129 g/mol. The van der Waals surface area contributed by atoms with Crippen molar-refractivity contribution in [2.45, 2.75) is 0 Å². The topological polar surface area (TPSA) is 20.3 Å². The van der Waals surface area contributed by atoms with Gasteiger partial charge in [-0.3, -0.25) is 4.79 Å². The largest absolute Gasteiger partial charge is 0.316 e. The fourth-order valence-corrected chi connectivity index (χ4v) is 1.30. The molecule has 0 saturated heterocycles.